The summed E-state index contributed by atoms with van der Waals surface area (Å²) in [6.07, 6.45) is 0. The summed E-state index contributed by atoms with van der Waals surface area (Å²) < 4.78 is 1.81. The number of carbonyl (C=O) groups is 1. The molecule has 0 radical (unpaired) electrons. The van der Waals surface area contributed by atoms with E-state index in [2.05, 4.69) is 4.98 Å². The van der Waals surface area contributed by atoms with Gasteiger partial charge in [0.1, 0.15) is 0 Å². The average Bonchev–Trinajstić information content (AvgIpc) is 2.65. The maximum Gasteiger partial charge on any atom is 0.284 e. The molecule has 5 nitrogen and oxygen atoms in total. The van der Waals surface area contributed by atoms with Crippen LogP contribution in [0.5, 0.6) is 0 Å². The Balaban J connectivity index is 2.73. The number of amides is 1. The molecule has 0 aliphatic heterocycles. The first-order valence-corrected chi connectivity index (χ1v) is 6.26. The van der Waals surface area contributed by atoms with Crippen LogP contribution in [0.2, 0.25) is 0 Å². The summed E-state index contributed by atoms with van der Waals surface area (Å²) in [5, 5.41) is 10.0. The van der Waals surface area contributed by atoms with Gasteiger partial charge in [0.25, 0.3) is 5.91 Å². The minimum atomic E-state index is -0.942. The van der Waals surface area contributed by atoms with E-state index in [4.69, 9.17) is 5.73 Å². The second-order valence-electron chi connectivity index (χ2n) is 5.53. The van der Waals surface area contributed by atoms with Crippen LogP contribution in [-0.4, -0.2) is 20.6 Å². The maximum atomic E-state index is 11.5. The number of primary amides is 1. The molecule has 1 aromatic heterocycles. The fourth-order valence-electron chi connectivity index (χ4n) is 2.18. The molecule has 102 valence electrons. The average molecular weight is 261 g/mol. The van der Waals surface area contributed by atoms with Crippen molar-refractivity contribution in [1.82, 2.24) is 9.55 Å². The van der Waals surface area contributed by atoms with E-state index in [0.717, 1.165) is 11.1 Å². The van der Waals surface area contributed by atoms with Gasteiger partial charge in [0.15, 0.2) is 5.82 Å². The van der Waals surface area contributed by atoms with Crippen molar-refractivity contribution in [2.75, 3.05) is 0 Å². The lowest BCUT2D eigenvalue weighted by Gasteiger charge is -2.17. The van der Waals surface area contributed by atoms with Crippen LogP contribution in [0.3, 0.4) is 0 Å². The summed E-state index contributed by atoms with van der Waals surface area (Å²) in [6, 6.07) is 5.58. The molecule has 0 atom stereocenters. The van der Waals surface area contributed by atoms with E-state index in [1.807, 2.05) is 30.5 Å². The van der Waals surface area contributed by atoms with Gasteiger partial charge in [-0.05, 0) is 45.4 Å². The number of nitrogens with zero attached hydrogens (tertiary/aromatic N) is 2. The number of aromatic nitrogens is 2. The molecule has 1 aromatic carbocycles. The number of rotatable bonds is 3. The molecule has 0 unspecified atom stereocenters. The predicted molar refractivity (Wildman–Crippen MR) is 73.9 cm³/mol. The molecule has 2 aromatic rings. The van der Waals surface area contributed by atoms with Crippen LogP contribution in [0, 0.1) is 0 Å². The summed E-state index contributed by atoms with van der Waals surface area (Å²) in [4.78, 5) is 15.8. The summed E-state index contributed by atoms with van der Waals surface area (Å²) in [6.45, 7) is 7.36. The van der Waals surface area contributed by atoms with Crippen molar-refractivity contribution in [2.45, 2.75) is 39.3 Å². The summed E-state index contributed by atoms with van der Waals surface area (Å²) >= 11 is 0. The third-order valence-electron chi connectivity index (χ3n) is 3.13. The first kappa shape index (κ1) is 13.5. The van der Waals surface area contributed by atoms with Crippen LogP contribution in [0.25, 0.3) is 11.0 Å². The number of nitrogens with two attached hydrogens (primary N) is 1. The zero-order chi connectivity index (χ0) is 14.4. The first-order chi connectivity index (χ1) is 8.71. The van der Waals surface area contributed by atoms with Gasteiger partial charge >= 0.3 is 0 Å². The Labute approximate surface area is 112 Å². The summed E-state index contributed by atoms with van der Waals surface area (Å²) in [7, 11) is 0. The monoisotopic (exact) mass is 261 g/mol. The van der Waals surface area contributed by atoms with Gasteiger partial charge in [0.2, 0.25) is 0 Å². The highest BCUT2D eigenvalue weighted by atomic mass is 16.3. The Morgan fingerprint density at radius 1 is 1.42 bits per heavy atom. The van der Waals surface area contributed by atoms with Gasteiger partial charge in [-0.25, -0.2) is 4.98 Å². The van der Waals surface area contributed by atoms with E-state index >= 15 is 0 Å². The van der Waals surface area contributed by atoms with Gasteiger partial charge < -0.3 is 15.4 Å². The van der Waals surface area contributed by atoms with Crippen LogP contribution in [-0.2, 0) is 5.60 Å². The summed E-state index contributed by atoms with van der Waals surface area (Å²) in [5.41, 5.74) is 6.69. The highest BCUT2D eigenvalue weighted by Gasteiger charge is 2.21. The molecule has 0 saturated heterocycles. The number of hydrogen-bond donors (Lipinski definition) is 2. The first-order valence-electron chi connectivity index (χ1n) is 6.26. The van der Waals surface area contributed by atoms with Crippen molar-refractivity contribution >= 4 is 16.9 Å². The smallest absolute Gasteiger partial charge is 0.284 e. The van der Waals surface area contributed by atoms with E-state index in [0.29, 0.717) is 5.52 Å². The van der Waals surface area contributed by atoms with Crippen LogP contribution in [0.4, 0.5) is 0 Å². The van der Waals surface area contributed by atoms with E-state index in [9.17, 15) is 9.90 Å². The van der Waals surface area contributed by atoms with Crippen LogP contribution >= 0.6 is 0 Å². The Bertz CT molecular complexity index is 636. The molecular weight excluding hydrogens is 242 g/mol. The number of imidazole rings is 1. The molecule has 5 heteroatoms. The van der Waals surface area contributed by atoms with Gasteiger partial charge in [-0.2, -0.15) is 0 Å². The minimum absolute atomic E-state index is 0.0838. The zero-order valence-electron chi connectivity index (χ0n) is 11.6. The number of fused-ring (bicyclic) bond motifs is 1. The third-order valence-corrected chi connectivity index (χ3v) is 3.13. The van der Waals surface area contributed by atoms with Crippen molar-refractivity contribution < 1.29 is 9.90 Å². The van der Waals surface area contributed by atoms with Crippen LogP contribution < -0.4 is 5.73 Å². The molecule has 19 heavy (non-hydrogen) atoms. The SMILES string of the molecule is CC(C)n1c(C(N)=O)nc2cc(C(C)(C)O)ccc21. The van der Waals surface area contributed by atoms with E-state index in [-0.39, 0.29) is 11.9 Å². The van der Waals surface area contributed by atoms with Crippen molar-refractivity contribution in [1.29, 1.82) is 0 Å². The van der Waals surface area contributed by atoms with Gasteiger partial charge in [-0.1, -0.05) is 6.07 Å². The number of aliphatic hydroxyl groups is 1. The molecule has 0 saturated carbocycles. The fraction of sp³-hybridized carbons (Fsp3) is 0.429. The van der Waals surface area contributed by atoms with Crippen LogP contribution in [0.15, 0.2) is 18.2 Å². The lowest BCUT2D eigenvalue weighted by atomic mass is 9.98. The Morgan fingerprint density at radius 3 is 2.53 bits per heavy atom. The van der Waals surface area contributed by atoms with Crippen molar-refractivity contribution in [2.24, 2.45) is 5.73 Å². The van der Waals surface area contributed by atoms with Crippen molar-refractivity contribution in [3.8, 4) is 0 Å². The predicted octanol–water partition coefficient (Wildman–Crippen LogP) is 1.94. The molecule has 0 aliphatic rings. The van der Waals surface area contributed by atoms with Gasteiger partial charge in [-0.3, -0.25) is 4.79 Å². The van der Waals surface area contributed by atoms with Crippen molar-refractivity contribution in [3.63, 3.8) is 0 Å². The third kappa shape index (κ3) is 2.33. The molecule has 0 aliphatic carbocycles. The van der Waals surface area contributed by atoms with E-state index in [1.165, 1.54) is 0 Å². The van der Waals surface area contributed by atoms with Crippen LogP contribution in [0.1, 0.15) is 49.9 Å². The molecule has 0 bridgehead atoms. The standard InChI is InChI=1S/C14H19N3O2/c1-8(2)17-11-6-5-9(14(3,4)19)7-10(11)16-13(17)12(15)18/h5-8,19H,1-4H3,(H2,15,18). The quantitative estimate of drug-likeness (QED) is 0.886. The van der Waals surface area contributed by atoms with Crippen molar-refractivity contribution in [3.05, 3.63) is 29.6 Å². The van der Waals surface area contributed by atoms with E-state index < -0.39 is 11.5 Å². The van der Waals surface area contributed by atoms with Gasteiger partial charge in [0, 0.05) is 6.04 Å². The lowest BCUT2D eigenvalue weighted by Crippen LogP contribution is -2.19. The Hall–Kier alpha value is -1.88. The maximum absolute atomic E-state index is 11.5. The second-order valence-corrected chi connectivity index (χ2v) is 5.53. The lowest BCUT2D eigenvalue weighted by molar-refractivity contribution is 0.0787. The Morgan fingerprint density at radius 2 is 2.05 bits per heavy atom. The van der Waals surface area contributed by atoms with Gasteiger partial charge in [-0.15, -0.1) is 0 Å². The topological polar surface area (TPSA) is 81.1 Å². The molecule has 0 fully saturated rings. The highest BCUT2D eigenvalue weighted by molar-refractivity contribution is 5.94. The Kier molecular flexibility index (Phi) is 3.10. The molecule has 2 rings (SSSR count). The molecule has 0 spiro atoms. The molecule has 1 heterocycles. The second kappa shape index (κ2) is 4.35. The number of benzene rings is 1. The van der Waals surface area contributed by atoms with E-state index in [1.54, 1.807) is 19.9 Å². The summed E-state index contributed by atoms with van der Waals surface area (Å²) in [5.74, 6) is -0.299. The number of carbonyl (C=O) groups excluding carboxylic acids is 1. The van der Waals surface area contributed by atoms with Gasteiger partial charge in [0.05, 0.1) is 16.6 Å². The molecular formula is C14H19N3O2. The fourth-order valence-corrected chi connectivity index (χ4v) is 2.18. The minimum Gasteiger partial charge on any atom is -0.386 e. The highest BCUT2D eigenvalue weighted by Crippen LogP contribution is 2.26. The molecule has 3 N–H and O–H groups in total. The number of hydrogen-bond acceptors (Lipinski definition) is 3. The molecule has 1 amide bonds. The largest absolute Gasteiger partial charge is 0.386 e. The normalized spacial score (nSPS) is 12.3. The zero-order valence-corrected chi connectivity index (χ0v) is 11.6.